The van der Waals surface area contributed by atoms with E-state index in [-0.39, 0.29) is 17.7 Å². The first-order valence-corrected chi connectivity index (χ1v) is 10.5. The van der Waals surface area contributed by atoms with E-state index < -0.39 is 6.04 Å². The third kappa shape index (κ3) is 5.70. The molecule has 0 bridgehead atoms. The second kappa shape index (κ2) is 9.91. The van der Waals surface area contributed by atoms with Gasteiger partial charge in [-0.05, 0) is 49.4 Å². The van der Waals surface area contributed by atoms with Crippen LogP contribution in [0.5, 0.6) is 0 Å². The fraction of sp³-hybridized carbons (Fsp3) is 0.409. The van der Waals surface area contributed by atoms with E-state index in [4.69, 9.17) is 11.6 Å². The highest BCUT2D eigenvalue weighted by atomic mass is 35.5. The highest BCUT2D eigenvalue weighted by Gasteiger charge is 2.25. The Morgan fingerprint density at radius 2 is 1.70 bits per heavy atom. The summed E-state index contributed by atoms with van der Waals surface area (Å²) in [6, 6.07) is 9.64. The molecule has 0 unspecified atom stereocenters. The van der Waals surface area contributed by atoms with Crippen LogP contribution in [0.3, 0.4) is 0 Å². The number of hydrogen-bond acceptors (Lipinski definition) is 5. The van der Waals surface area contributed by atoms with E-state index in [9.17, 15) is 9.59 Å². The molecule has 2 N–H and O–H groups in total. The zero-order valence-corrected chi connectivity index (χ0v) is 18.3. The van der Waals surface area contributed by atoms with E-state index in [1.807, 2.05) is 26.0 Å². The van der Waals surface area contributed by atoms with Gasteiger partial charge in [-0.25, -0.2) is 4.98 Å². The molecule has 1 saturated heterocycles. The number of anilines is 2. The Balaban J connectivity index is 1.61. The van der Waals surface area contributed by atoms with Gasteiger partial charge in [0.05, 0.1) is 11.9 Å². The second-order valence-electron chi connectivity index (χ2n) is 7.89. The van der Waals surface area contributed by atoms with Crippen LogP contribution < -0.4 is 15.5 Å². The Morgan fingerprint density at radius 3 is 2.27 bits per heavy atom. The standard InChI is InChI=1S/C22H28ClN5O2/c1-15(2)20(26-21(29)16-4-6-17(23)7-5-16)22(30)25-18-8-9-19(24-14-18)28-12-10-27(3)11-13-28/h4-9,14-15,20H,10-13H2,1-3H3,(H,25,30)(H,26,29)/t20-/m1/s1. The van der Waals surface area contributed by atoms with Crippen LogP contribution in [0, 0.1) is 5.92 Å². The van der Waals surface area contributed by atoms with Gasteiger partial charge in [0.25, 0.3) is 5.91 Å². The molecule has 2 heterocycles. The minimum atomic E-state index is -0.675. The van der Waals surface area contributed by atoms with Crippen molar-refractivity contribution in [2.45, 2.75) is 19.9 Å². The number of carbonyl (C=O) groups is 2. The van der Waals surface area contributed by atoms with Crippen molar-refractivity contribution in [2.24, 2.45) is 5.92 Å². The van der Waals surface area contributed by atoms with E-state index in [0.717, 1.165) is 32.0 Å². The quantitative estimate of drug-likeness (QED) is 0.738. The number of aromatic nitrogens is 1. The molecule has 1 aliphatic heterocycles. The Morgan fingerprint density at radius 1 is 1.03 bits per heavy atom. The molecule has 2 aromatic rings. The summed E-state index contributed by atoms with van der Waals surface area (Å²) in [5.74, 6) is 0.224. The third-order valence-corrected chi connectivity index (χ3v) is 5.44. The summed E-state index contributed by atoms with van der Waals surface area (Å²) in [7, 11) is 2.11. The number of pyridine rings is 1. The fourth-order valence-corrected chi connectivity index (χ4v) is 3.39. The maximum absolute atomic E-state index is 12.8. The number of hydrogen-bond donors (Lipinski definition) is 2. The van der Waals surface area contributed by atoms with Crippen LogP contribution in [0.25, 0.3) is 0 Å². The number of rotatable bonds is 6. The largest absolute Gasteiger partial charge is 0.354 e. The van der Waals surface area contributed by atoms with E-state index in [1.165, 1.54) is 0 Å². The Labute approximate surface area is 182 Å². The van der Waals surface area contributed by atoms with Gasteiger partial charge in [-0.15, -0.1) is 0 Å². The van der Waals surface area contributed by atoms with Crippen LogP contribution in [0.2, 0.25) is 5.02 Å². The van der Waals surface area contributed by atoms with Gasteiger partial charge in [0, 0.05) is 36.8 Å². The first kappa shape index (κ1) is 22.1. The average molecular weight is 430 g/mol. The summed E-state index contributed by atoms with van der Waals surface area (Å²) in [4.78, 5) is 34.3. The first-order chi connectivity index (χ1) is 14.3. The Hall–Kier alpha value is -2.64. The predicted molar refractivity (Wildman–Crippen MR) is 120 cm³/mol. The van der Waals surface area contributed by atoms with Crippen molar-refractivity contribution in [2.75, 3.05) is 43.4 Å². The van der Waals surface area contributed by atoms with Gasteiger partial charge in [0.15, 0.2) is 0 Å². The highest BCUT2D eigenvalue weighted by Crippen LogP contribution is 2.17. The van der Waals surface area contributed by atoms with Crippen molar-refractivity contribution < 1.29 is 9.59 Å². The van der Waals surface area contributed by atoms with Gasteiger partial charge >= 0.3 is 0 Å². The molecular formula is C22H28ClN5O2. The van der Waals surface area contributed by atoms with Crippen LogP contribution in [-0.4, -0.2) is 61.0 Å². The number of nitrogens with one attached hydrogen (secondary N) is 2. The topological polar surface area (TPSA) is 77.6 Å². The van der Waals surface area contributed by atoms with Crippen LogP contribution in [0.1, 0.15) is 24.2 Å². The summed E-state index contributed by atoms with van der Waals surface area (Å²) in [6.45, 7) is 7.65. The molecule has 7 nitrogen and oxygen atoms in total. The molecule has 2 amide bonds. The van der Waals surface area contributed by atoms with Gasteiger partial charge < -0.3 is 20.4 Å². The minimum Gasteiger partial charge on any atom is -0.354 e. The molecule has 1 aromatic heterocycles. The number of amides is 2. The van der Waals surface area contributed by atoms with Crippen LogP contribution in [-0.2, 0) is 4.79 Å². The molecule has 0 aliphatic carbocycles. The molecule has 1 aromatic carbocycles. The lowest BCUT2D eigenvalue weighted by Gasteiger charge is -2.33. The molecule has 0 saturated carbocycles. The molecule has 3 rings (SSSR count). The lowest BCUT2D eigenvalue weighted by Crippen LogP contribution is -2.47. The van der Waals surface area contributed by atoms with Gasteiger partial charge in [0.2, 0.25) is 5.91 Å². The molecule has 8 heteroatoms. The summed E-state index contributed by atoms with van der Waals surface area (Å²) in [6.07, 6.45) is 1.66. The molecule has 0 spiro atoms. The number of carbonyl (C=O) groups excluding carboxylic acids is 2. The van der Waals surface area contributed by atoms with Crippen LogP contribution in [0.4, 0.5) is 11.5 Å². The number of halogens is 1. The maximum Gasteiger partial charge on any atom is 0.251 e. The third-order valence-electron chi connectivity index (χ3n) is 5.18. The molecular weight excluding hydrogens is 402 g/mol. The Bertz CT molecular complexity index is 862. The van der Waals surface area contributed by atoms with Gasteiger partial charge in [-0.3, -0.25) is 9.59 Å². The lowest BCUT2D eigenvalue weighted by molar-refractivity contribution is -0.118. The normalized spacial score (nSPS) is 15.7. The molecule has 1 fully saturated rings. The van der Waals surface area contributed by atoms with E-state index in [0.29, 0.717) is 16.3 Å². The van der Waals surface area contributed by atoms with Crippen molar-refractivity contribution in [3.8, 4) is 0 Å². The summed E-state index contributed by atoms with van der Waals surface area (Å²) in [5.41, 5.74) is 1.06. The average Bonchev–Trinajstić information content (AvgIpc) is 2.73. The monoisotopic (exact) mass is 429 g/mol. The van der Waals surface area contributed by atoms with Crippen molar-refractivity contribution in [3.05, 3.63) is 53.2 Å². The van der Waals surface area contributed by atoms with Gasteiger partial charge in [-0.1, -0.05) is 25.4 Å². The Kier molecular flexibility index (Phi) is 7.29. The van der Waals surface area contributed by atoms with E-state index in [2.05, 4.69) is 32.5 Å². The smallest absolute Gasteiger partial charge is 0.251 e. The first-order valence-electron chi connectivity index (χ1n) is 10.1. The SMILES string of the molecule is CC(C)[C@@H](NC(=O)c1ccc(Cl)cc1)C(=O)Nc1ccc(N2CCN(C)CC2)nc1. The van der Waals surface area contributed by atoms with E-state index >= 15 is 0 Å². The highest BCUT2D eigenvalue weighted by molar-refractivity contribution is 6.30. The van der Waals surface area contributed by atoms with Crippen molar-refractivity contribution in [3.63, 3.8) is 0 Å². The van der Waals surface area contributed by atoms with E-state index in [1.54, 1.807) is 30.5 Å². The molecule has 1 aliphatic rings. The zero-order chi connectivity index (χ0) is 21.7. The molecule has 30 heavy (non-hydrogen) atoms. The fourth-order valence-electron chi connectivity index (χ4n) is 3.26. The minimum absolute atomic E-state index is 0.0844. The molecule has 160 valence electrons. The molecule has 1 atom stereocenters. The van der Waals surface area contributed by atoms with Crippen LogP contribution >= 0.6 is 11.6 Å². The van der Waals surface area contributed by atoms with Gasteiger partial charge in [-0.2, -0.15) is 0 Å². The predicted octanol–water partition coefficient (Wildman–Crippen LogP) is 2.88. The second-order valence-corrected chi connectivity index (χ2v) is 8.32. The number of likely N-dealkylation sites (N-methyl/N-ethyl adjacent to an activating group) is 1. The number of piperazine rings is 1. The molecule has 0 radical (unpaired) electrons. The van der Waals surface area contributed by atoms with Crippen molar-refractivity contribution in [1.29, 1.82) is 0 Å². The summed E-state index contributed by atoms with van der Waals surface area (Å²) < 4.78 is 0. The zero-order valence-electron chi connectivity index (χ0n) is 17.6. The maximum atomic E-state index is 12.8. The van der Waals surface area contributed by atoms with Crippen LogP contribution in [0.15, 0.2) is 42.6 Å². The number of benzene rings is 1. The number of nitrogens with zero attached hydrogens (tertiary/aromatic N) is 3. The van der Waals surface area contributed by atoms with Crippen molar-refractivity contribution in [1.82, 2.24) is 15.2 Å². The lowest BCUT2D eigenvalue weighted by atomic mass is 10.0. The summed E-state index contributed by atoms with van der Waals surface area (Å²) >= 11 is 5.87. The summed E-state index contributed by atoms with van der Waals surface area (Å²) in [5, 5.41) is 6.23. The van der Waals surface area contributed by atoms with Gasteiger partial charge in [0.1, 0.15) is 11.9 Å². The van der Waals surface area contributed by atoms with Crippen molar-refractivity contribution >= 4 is 34.9 Å².